The topological polar surface area (TPSA) is 148 Å². The zero-order chi connectivity index (χ0) is 45.1. The second kappa shape index (κ2) is 15.1. The lowest BCUT2D eigenvalue weighted by atomic mass is 9.84. The van der Waals surface area contributed by atoms with Crippen LogP contribution in [0.2, 0.25) is 0 Å². The number of ether oxygens (including phenoxy) is 2. The van der Waals surface area contributed by atoms with Gasteiger partial charge in [-0.15, -0.1) is 0 Å². The summed E-state index contributed by atoms with van der Waals surface area (Å²) in [7, 11) is 1.74. The Morgan fingerprint density at radius 2 is 1.75 bits per heavy atom. The van der Waals surface area contributed by atoms with Crippen LogP contribution in [0.5, 0.6) is 0 Å². The number of pyridine rings is 1. The SMILES string of the molecule is Cc1cc(-n2nc3c(c2-n2ccn(-c4ccc5c(cnn5C)c4F)c2=O)[C@H](C)N(COCc2cn4cc([C@H]5CCOC(C)(C)C5)ccc4c2C2(c4noc(=O)[nH]4)CC2)CC3)cc(C)c1F. The van der Waals surface area contributed by atoms with Crippen LogP contribution >= 0.6 is 0 Å². The van der Waals surface area contributed by atoms with Crippen LogP contribution in [0.4, 0.5) is 8.78 Å². The van der Waals surface area contributed by atoms with Crippen LogP contribution in [0.25, 0.3) is 33.6 Å². The molecule has 0 unspecified atom stereocenters. The van der Waals surface area contributed by atoms with E-state index in [1.807, 2.05) is 0 Å². The van der Waals surface area contributed by atoms with Crippen LogP contribution in [0.1, 0.15) is 103 Å². The third-order valence-corrected chi connectivity index (χ3v) is 14.0. The first-order chi connectivity index (χ1) is 31.2. The fourth-order valence-corrected chi connectivity index (χ4v) is 10.5. The van der Waals surface area contributed by atoms with Gasteiger partial charge in [0.15, 0.2) is 11.6 Å². The molecule has 15 nitrogen and oxygen atoms in total. The zero-order valence-electron chi connectivity index (χ0n) is 37.2. The van der Waals surface area contributed by atoms with E-state index in [9.17, 15) is 9.59 Å². The van der Waals surface area contributed by atoms with Crippen molar-refractivity contribution in [2.45, 2.75) is 96.3 Å². The van der Waals surface area contributed by atoms with Gasteiger partial charge in [-0.2, -0.15) is 10.2 Å². The number of nitrogens with zero attached hydrogens (tertiary/aromatic N) is 9. The second-order valence-electron chi connectivity index (χ2n) is 18.7. The van der Waals surface area contributed by atoms with Crippen molar-refractivity contribution >= 4 is 16.4 Å². The summed E-state index contributed by atoms with van der Waals surface area (Å²) in [6, 6.07) is 10.9. The summed E-state index contributed by atoms with van der Waals surface area (Å²) in [6.45, 7) is 11.6. The Hall–Kier alpha value is -6.43. The molecule has 1 saturated heterocycles. The monoisotopic (exact) mass is 884 g/mol. The van der Waals surface area contributed by atoms with Gasteiger partial charge in [0.2, 0.25) is 0 Å². The average molecular weight is 885 g/mol. The molecule has 336 valence electrons. The summed E-state index contributed by atoms with van der Waals surface area (Å²) in [5, 5.41) is 13.8. The molecule has 2 fully saturated rings. The van der Waals surface area contributed by atoms with Crippen molar-refractivity contribution in [1.82, 2.24) is 48.1 Å². The van der Waals surface area contributed by atoms with Gasteiger partial charge in [0.05, 0.1) is 58.5 Å². The number of halogens is 2. The Morgan fingerprint density at radius 1 is 0.985 bits per heavy atom. The van der Waals surface area contributed by atoms with Gasteiger partial charge >= 0.3 is 11.4 Å². The normalized spacial score (nSPS) is 19.4. The predicted molar refractivity (Wildman–Crippen MR) is 237 cm³/mol. The van der Waals surface area contributed by atoms with E-state index < -0.39 is 22.7 Å². The summed E-state index contributed by atoms with van der Waals surface area (Å²) >= 11 is 0. The minimum atomic E-state index is -0.583. The molecule has 0 bridgehead atoms. The minimum Gasteiger partial charge on any atom is -0.376 e. The standard InChI is InChI=1S/C48H50F2N10O5/c1-27-19-33(20-28(2)41(27)49)60-43(59-17-16-58(46(59)62)38-10-9-36-34(42(38)50)22-51-55(36)6)39-29(3)56(15-11-35(39)53-60)26-63-25-32-24-57-23-31(30-12-18-64-47(4,5)21-30)7-8-37(57)40(32)48(13-14-48)44-52-45(61)65-54-44/h7-10,16-17,19-20,22-24,29-30H,11-15,18,21,25-26H2,1-6H3,(H,52,54,61)/t29-,30-/m0/s1. The van der Waals surface area contributed by atoms with Gasteiger partial charge in [-0.3, -0.25) is 28.2 Å². The van der Waals surface area contributed by atoms with E-state index in [-0.39, 0.29) is 36.5 Å². The molecular formula is C48H50F2N10O5. The Balaban J connectivity index is 0.937. The second-order valence-corrected chi connectivity index (χ2v) is 18.7. The van der Waals surface area contributed by atoms with Crippen molar-refractivity contribution in [2.75, 3.05) is 19.9 Å². The maximum Gasteiger partial charge on any atom is 0.438 e. The summed E-state index contributed by atoms with van der Waals surface area (Å²) < 4.78 is 57.0. The molecule has 3 aliphatic rings. The fourth-order valence-electron chi connectivity index (χ4n) is 10.5. The number of hydrogen-bond acceptors (Lipinski definition) is 9. The minimum absolute atomic E-state index is 0.0927. The maximum absolute atomic E-state index is 16.0. The molecule has 0 spiro atoms. The molecule has 17 heteroatoms. The third-order valence-electron chi connectivity index (χ3n) is 14.0. The summed E-state index contributed by atoms with van der Waals surface area (Å²) in [4.78, 5) is 31.8. The zero-order valence-corrected chi connectivity index (χ0v) is 37.2. The molecule has 2 aliphatic heterocycles. The third kappa shape index (κ3) is 6.73. The van der Waals surface area contributed by atoms with Crippen molar-refractivity contribution in [2.24, 2.45) is 7.05 Å². The Labute approximate surface area is 371 Å². The molecule has 2 atom stereocenters. The van der Waals surface area contributed by atoms with Gasteiger partial charge in [0, 0.05) is 74.1 Å². The number of fused-ring (bicyclic) bond motifs is 3. The molecule has 11 rings (SSSR count). The molecule has 8 aromatic rings. The number of aromatic amines is 1. The lowest BCUT2D eigenvalue weighted by Gasteiger charge is -2.35. The first kappa shape index (κ1) is 41.3. The van der Waals surface area contributed by atoms with Crippen LogP contribution < -0.4 is 11.4 Å². The van der Waals surface area contributed by atoms with Gasteiger partial charge in [-0.1, -0.05) is 11.2 Å². The van der Waals surface area contributed by atoms with Crippen LogP contribution in [-0.2, 0) is 35.0 Å². The lowest BCUT2D eigenvalue weighted by Crippen LogP contribution is -2.36. The van der Waals surface area contributed by atoms with E-state index in [4.69, 9.17) is 19.1 Å². The number of aromatic nitrogens is 9. The first-order valence-electron chi connectivity index (χ1n) is 22.2. The van der Waals surface area contributed by atoms with E-state index >= 15 is 8.78 Å². The van der Waals surface area contributed by atoms with Crippen LogP contribution in [-0.4, -0.2) is 73.6 Å². The molecule has 6 aromatic heterocycles. The van der Waals surface area contributed by atoms with Crippen molar-refractivity contribution in [3.8, 4) is 17.2 Å². The first-order valence-corrected chi connectivity index (χ1v) is 22.2. The van der Waals surface area contributed by atoms with Crippen molar-refractivity contribution in [3.05, 3.63) is 145 Å². The Kier molecular flexibility index (Phi) is 9.57. The average Bonchev–Trinajstić information content (AvgIpc) is 3.72. The van der Waals surface area contributed by atoms with Crippen LogP contribution in [0.15, 0.2) is 81.5 Å². The van der Waals surface area contributed by atoms with Gasteiger partial charge in [-0.05, 0) is 119 Å². The highest BCUT2D eigenvalue weighted by atomic mass is 19.1. The molecule has 0 radical (unpaired) electrons. The van der Waals surface area contributed by atoms with Gasteiger partial charge in [0.1, 0.15) is 11.6 Å². The van der Waals surface area contributed by atoms with Crippen molar-refractivity contribution in [3.63, 3.8) is 0 Å². The number of H-pyrrole nitrogens is 1. The number of benzene rings is 2. The molecule has 1 aliphatic carbocycles. The summed E-state index contributed by atoms with van der Waals surface area (Å²) in [6.07, 6.45) is 13.0. The van der Waals surface area contributed by atoms with Crippen molar-refractivity contribution < 1.29 is 22.8 Å². The summed E-state index contributed by atoms with van der Waals surface area (Å²) in [5.41, 5.74) is 6.93. The van der Waals surface area contributed by atoms with Crippen LogP contribution in [0.3, 0.4) is 0 Å². The fraction of sp³-hybridized carbons (Fsp3) is 0.396. The molecule has 1 saturated carbocycles. The molecule has 2 aromatic carbocycles. The summed E-state index contributed by atoms with van der Waals surface area (Å²) in [5.74, 6) is -0.0878. The van der Waals surface area contributed by atoms with E-state index in [2.05, 4.69) is 69.8 Å². The number of hydrogen-bond donors (Lipinski definition) is 1. The lowest BCUT2D eigenvalue weighted by molar-refractivity contribution is -0.0593. The Bertz CT molecular complexity index is 3280. The van der Waals surface area contributed by atoms with Crippen molar-refractivity contribution in [1.29, 1.82) is 0 Å². The Morgan fingerprint density at radius 3 is 2.49 bits per heavy atom. The van der Waals surface area contributed by atoms with Gasteiger partial charge < -0.3 is 13.9 Å². The number of rotatable bonds is 10. The van der Waals surface area contributed by atoms with E-state index in [0.717, 1.165) is 53.6 Å². The molecule has 65 heavy (non-hydrogen) atoms. The van der Waals surface area contributed by atoms with Gasteiger partial charge in [-0.25, -0.2) is 23.1 Å². The maximum atomic E-state index is 16.0. The highest BCUT2D eigenvalue weighted by Crippen LogP contribution is 2.55. The van der Waals surface area contributed by atoms with E-state index in [1.54, 1.807) is 66.9 Å². The molecular weight excluding hydrogens is 835 g/mol. The molecule has 1 N–H and O–H groups in total. The largest absolute Gasteiger partial charge is 0.438 e. The number of aryl methyl sites for hydroxylation is 3. The van der Waals surface area contributed by atoms with Crippen LogP contribution in [0, 0.1) is 25.5 Å². The van der Waals surface area contributed by atoms with E-state index in [1.165, 1.54) is 20.9 Å². The molecule has 8 heterocycles. The predicted octanol–water partition coefficient (Wildman–Crippen LogP) is 7.37. The quantitative estimate of drug-likeness (QED) is 0.149. The molecule has 0 amide bonds. The highest BCUT2D eigenvalue weighted by Gasteiger charge is 2.52. The van der Waals surface area contributed by atoms with E-state index in [0.29, 0.717) is 64.8 Å². The highest BCUT2D eigenvalue weighted by molar-refractivity contribution is 5.81. The smallest absolute Gasteiger partial charge is 0.376 e. The number of imidazole rings is 1. The number of nitrogens with one attached hydrogen (secondary N) is 1. The van der Waals surface area contributed by atoms with Gasteiger partial charge in [0.25, 0.3) is 0 Å².